The highest BCUT2D eigenvalue weighted by Crippen LogP contribution is 2.37. The van der Waals surface area contributed by atoms with Crippen LogP contribution in [0.4, 0.5) is 5.69 Å². The number of likely N-dealkylation sites (N-methyl/N-ethyl adjacent to an activating group) is 2. The van der Waals surface area contributed by atoms with Crippen LogP contribution in [0.25, 0.3) is 0 Å². The summed E-state index contributed by atoms with van der Waals surface area (Å²) < 4.78 is 0. The third-order valence-electron chi connectivity index (χ3n) is 7.01. The number of nitrogens with one attached hydrogen (secondary N) is 2. The summed E-state index contributed by atoms with van der Waals surface area (Å²) in [5, 5.41) is 5.99. The second-order valence-electron chi connectivity index (χ2n) is 8.67. The molecule has 0 radical (unpaired) electrons. The van der Waals surface area contributed by atoms with Gasteiger partial charge in [-0.1, -0.05) is 30.3 Å². The number of nitrogens with zero attached hydrogens (tertiary/aromatic N) is 2. The average molecular weight is 405 g/mol. The molecule has 6 heteroatoms. The number of carbonyl (C=O) groups excluding carboxylic acids is 2. The molecule has 3 atom stereocenters. The largest absolute Gasteiger partial charge is 0.369 e. The number of hydrogen-bond donors (Lipinski definition) is 2. The molecule has 6 nitrogen and oxygen atoms in total. The SMILES string of the molecule is CNC1c2ccccc2CC1N(C)c1ccc2c(c1)CN(C1CCC(=O)NC1=O)C2. The van der Waals surface area contributed by atoms with E-state index in [1.165, 1.54) is 27.9 Å². The Bertz CT molecular complexity index is 1000. The van der Waals surface area contributed by atoms with Crippen molar-refractivity contribution < 1.29 is 9.59 Å². The molecule has 0 spiro atoms. The smallest absolute Gasteiger partial charge is 0.243 e. The van der Waals surface area contributed by atoms with E-state index < -0.39 is 0 Å². The van der Waals surface area contributed by atoms with Gasteiger partial charge in [0.2, 0.25) is 11.8 Å². The zero-order valence-corrected chi connectivity index (χ0v) is 17.5. The van der Waals surface area contributed by atoms with Crippen LogP contribution in [0.3, 0.4) is 0 Å². The lowest BCUT2D eigenvalue weighted by Gasteiger charge is -2.32. The van der Waals surface area contributed by atoms with Gasteiger partial charge in [0.1, 0.15) is 0 Å². The van der Waals surface area contributed by atoms with E-state index in [4.69, 9.17) is 0 Å². The molecule has 2 heterocycles. The molecule has 5 rings (SSSR count). The van der Waals surface area contributed by atoms with E-state index in [2.05, 4.69) is 69.9 Å². The van der Waals surface area contributed by atoms with E-state index in [9.17, 15) is 9.59 Å². The molecule has 2 N–H and O–H groups in total. The van der Waals surface area contributed by atoms with Gasteiger partial charge < -0.3 is 10.2 Å². The van der Waals surface area contributed by atoms with Gasteiger partial charge in [0, 0.05) is 32.2 Å². The van der Waals surface area contributed by atoms with Crippen LogP contribution < -0.4 is 15.5 Å². The summed E-state index contributed by atoms with van der Waals surface area (Å²) in [5.74, 6) is -0.314. The third kappa shape index (κ3) is 3.20. The first-order valence-electron chi connectivity index (χ1n) is 10.7. The number of imide groups is 1. The zero-order chi connectivity index (χ0) is 20.8. The molecule has 2 aliphatic heterocycles. The van der Waals surface area contributed by atoms with Gasteiger partial charge in [-0.3, -0.25) is 19.8 Å². The number of benzene rings is 2. The van der Waals surface area contributed by atoms with Crippen molar-refractivity contribution in [3.05, 3.63) is 64.7 Å². The van der Waals surface area contributed by atoms with Crippen molar-refractivity contribution in [3.63, 3.8) is 0 Å². The fraction of sp³-hybridized carbons (Fsp3) is 0.417. The Hall–Kier alpha value is -2.70. The van der Waals surface area contributed by atoms with Gasteiger partial charge in [-0.2, -0.15) is 0 Å². The first kappa shape index (κ1) is 19.3. The summed E-state index contributed by atoms with van der Waals surface area (Å²) in [6.07, 6.45) is 2.05. The van der Waals surface area contributed by atoms with Crippen molar-refractivity contribution in [2.45, 2.75) is 50.5 Å². The summed E-state index contributed by atoms with van der Waals surface area (Å²) in [7, 11) is 4.21. The summed E-state index contributed by atoms with van der Waals surface area (Å²) >= 11 is 0. The molecule has 1 fully saturated rings. The van der Waals surface area contributed by atoms with Gasteiger partial charge in [0.15, 0.2) is 0 Å². The predicted molar refractivity (Wildman–Crippen MR) is 116 cm³/mol. The normalized spacial score (nSPS) is 25.7. The van der Waals surface area contributed by atoms with Gasteiger partial charge in [0.05, 0.1) is 18.1 Å². The summed E-state index contributed by atoms with van der Waals surface area (Å²) in [4.78, 5) is 28.3. The number of hydrogen-bond acceptors (Lipinski definition) is 5. The van der Waals surface area contributed by atoms with Crippen LogP contribution in [0.2, 0.25) is 0 Å². The Kier molecular flexibility index (Phi) is 4.83. The molecule has 0 saturated carbocycles. The van der Waals surface area contributed by atoms with Crippen LogP contribution in [-0.4, -0.2) is 42.9 Å². The molecule has 0 bridgehead atoms. The zero-order valence-electron chi connectivity index (χ0n) is 17.5. The van der Waals surface area contributed by atoms with Crippen LogP contribution in [0.15, 0.2) is 42.5 Å². The minimum atomic E-state index is -0.214. The number of fused-ring (bicyclic) bond motifs is 2. The first-order chi connectivity index (χ1) is 14.5. The monoisotopic (exact) mass is 404 g/mol. The predicted octanol–water partition coefficient (Wildman–Crippen LogP) is 2.13. The van der Waals surface area contributed by atoms with E-state index in [0.29, 0.717) is 24.9 Å². The Morgan fingerprint density at radius 1 is 1.07 bits per heavy atom. The van der Waals surface area contributed by atoms with Crippen molar-refractivity contribution in [2.75, 3.05) is 19.0 Å². The van der Waals surface area contributed by atoms with E-state index in [-0.39, 0.29) is 17.9 Å². The molecule has 156 valence electrons. The van der Waals surface area contributed by atoms with Gasteiger partial charge in [-0.25, -0.2) is 0 Å². The third-order valence-corrected chi connectivity index (χ3v) is 7.01. The van der Waals surface area contributed by atoms with Crippen molar-refractivity contribution in [2.24, 2.45) is 0 Å². The number of amides is 2. The Balaban J connectivity index is 1.34. The Morgan fingerprint density at radius 3 is 2.67 bits per heavy atom. The van der Waals surface area contributed by atoms with Crippen molar-refractivity contribution in [3.8, 4) is 0 Å². The van der Waals surface area contributed by atoms with E-state index in [1.807, 2.05) is 7.05 Å². The van der Waals surface area contributed by atoms with Crippen LogP contribution in [-0.2, 0) is 29.1 Å². The molecule has 1 saturated heterocycles. The average Bonchev–Trinajstić information content (AvgIpc) is 3.33. The van der Waals surface area contributed by atoms with Crippen LogP contribution in [0.5, 0.6) is 0 Å². The van der Waals surface area contributed by atoms with Gasteiger partial charge in [-0.15, -0.1) is 0 Å². The fourth-order valence-electron chi connectivity index (χ4n) is 5.35. The Labute approximate surface area is 177 Å². The maximum Gasteiger partial charge on any atom is 0.243 e. The standard InChI is InChI=1S/C24H28N4O2/c1-25-23-19-6-4-3-5-15(19)12-21(23)27(2)18-8-7-16-13-28(14-17(16)11-18)20-9-10-22(29)26-24(20)30/h3-8,11,20-21,23,25H,9-10,12-14H2,1-2H3,(H,26,29,30). The topological polar surface area (TPSA) is 64.7 Å². The number of rotatable bonds is 4. The molecule has 3 unspecified atom stereocenters. The summed E-state index contributed by atoms with van der Waals surface area (Å²) in [5.41, 5.74) is 6.56. The number of anilines is 1. The quantitative estimate of drug-likeness (QED) is 0.765. The second-order valence-corrected chi connectivity index (χ2v) is 8.67. The molecule has 30 heavy (non-hydrogen) atoms. The van der Waals surface area contributed by atoms with Gasteiger partial charge in [-0.05, 0) is 54.3 Å². The highest BCUT2D eigenvalue weighted by atomic mass is 16.2. The van der Waals surface area contributed by atoms with E-state index >= 15 is 0 Å². The van der Waals surface area contributed by atoms with Crippen molar-refractivity contribution in [1.82, 2.24) is 15.5 Å². The lowest BCUT2D eigenvalue weighted by Crippen LogP contribution is -2.50. The molecular formula is C24H28N4O2. The Morgan fingerprint density at radius 2 is 1.87 bits per heavy atom. The van der Waals surface area contributed by atoms with Crippen molar-refractivity contribution in [1.29, 1.82) is 0 Å². The lowest BCUT2D eigenvalue weighted by molar-refractivity contribution is -0.137. The lowest BCUT2D eigenvalue weighted by atomic mass is 10.0. The van der Waals surface area contributed by atoms with Crippen LogP contribution in [0, 0.1) is 0 Å². The van der Waals surface area contributed by atoms with E-state index in [1.54, 1.807) is 0 Å². The maximum absolute atomic E-state index is 12.3. The molecule has 2 aromatic carbocycles. The molecule has 2 amide bonds. The highest BCUT2D eigenvalue weighted by Gasteiger charge is 2.36. The molecule has 0 aromatic heterocycles. The number of piperidine rings is 1. The molecular weight excluding hydrogens is 376 g/mol. The minimum absolute atomic E-state index is 0.156. The van der Waals surface area contributed by atoms with Crippen LogP contribution >= 0.6 is 0 Å². The first-order valence-corrected chi connectivity index (χ1v) is 10.7. The molecule has 1 aliphatic carbocycles. The molecule has 3 aliphatic rings. The minimum Gasteiger partial charge on any atom is -0.369 e. The summed E-state index contributed by atoms with van der Waals surface area (Å²) in [6, 6.07) is 15.8. The molecule has 2 aromatic rings. The van der Waals surface area contributed by atoms with E-state index in [0.717, 1.165) is 19.5 Å². The second kappa shape index (κ2) is 7.52. The van der Waals surface area contributed by atoms with Gasteiger partial charge >= 0.3 is 0 Å². The highest BCUT2D eigenvalue weighted by molar-refractivity contribution is 6.00. The number of carbonyl (C=O) groups is 2. The van der Waals surface area contributed by atoms with Gasteiger partial charge in [0.25, 0.3) is 0 Å². The van der Waals surface area contributed by atoms with Crippen molar-refractivity contribution >= 4 is 17.5 Å². The fourth-order valence-corrected chi connectivity index (χ4v) is 5.35. The summed E-state index contributed by atoms with van der Waals surface area (Å²) in [6.45, 7) is 1.52. The maximum atomic E-state index is 12.3. The van der Waals surface area contributed by atoms with Crippen LogP contribution in [0.1, 0.15) is 41.1 Å².